The van der Waals surface area contributed by atoms with Crippen LogP contribution in [0.4, 0.5) is 5.69 Å². The maximum absolute atomic E-state index is 13.2. The van der Waals surface area contributed by atoms with E-state index in [0.717, 1.165) is 22.4 Å². The second-order valence-electron chi connectivity index (χ2n) is 8.14. The van der Waals surface area contributed by atoms with Gasteiger partial charge in [-0.25, -0.2) is 4.98 Å². The lowest BCUT2D eigenvalue weighted by molar-refractivity contribution is -0.115. The lowest BCUT2D eigenvalue weighted by Gasteiger charge is -2.13. The summed E-state index contributed by atoms with van der Waals surface area (Å²) in [6.07, 6.45) is 0. The molecule has 1 aromatic heterocycles. The van der Waals surface area contributed by atoms with E-state index in [0.29, 0.717) is 33.7 Å². The molecule has 0 fully saturated rings. The summed E-state index contributed by atoms with van der Waals surface area (Å²) in [4.78, 5) is 30.5. The molecule has 0 unspecified atom stereocenters. The van der Waals surface area contributed by atoms with Crippen molar-refractivity contribution in [1.82, 2.24) is 10.3 Å². The van der Waals surface area contributed by atoms with Crippen molar-refractivity contribution in [2.45, 2.75) is 13.8 Å². The first-order chi connectivity index (χ1) is 16.9. The Morgan fingerprint density at radius 2 is 1.57 bits per heavy atom. The molecule has 2 N–H and O–H groups in total. The van der Waals surface area contributed by atoms with Crippen LogP contribution in [0.25, 0.3) is 22.2 Å². The Kier molecular flexibility index (Phi) is 6.96. The summed E-state index contributed by atoms with van der Waals surface area (Å²) in [6, 6.07) is 20.4. The molecule has 7 heteroatoms. The number of nitrogens with zero attached hydrogens (tertiary/aromatic N) is 1. The minimum atomic E-state index is -0.359. The highest BCUT2D eigenvalue weighted by atomic mass is 16.5. The Bertz CT molecular complexity index is 1390. The number of aryl methyl sites for hydroxylation is 2. The molecule has 0 saturated carbocycles. The van der Waals surface area contributed by atoms with E-state index in [1.807, 2.05) is 68.4 Å². The molecule has 4 rings (SSSR count). The van der Waals surface area contributed by atoms with Crippen molar-refractivity contribution < 1.29 is 19.1 Å². The normalized spacial score (nSPS) is 10.6. The van der Waals surface area contributed by atoms with E-state index < -0.39 is 0 Å². The van der Waals surface area contributed by atoms with Gasteiger partial charge < -0.3 is 20.1 Å². The van der Waals surface area contributed by atoms with Crippen LogP contribution in [0.5, 0.6) is 11.5 Å². The number of rotatable bonds is 7. The van der Waals surface area contributed by atoms with Crippen LogP contribution < -0.4 is 20.1 Å². The fourth-order valence-electron chi connectivity index (χ4n) is 3.96. The zero-order valence-corrected chi connectivity index (χ0v) is 20.1. The van der Waals surface area contributed by atoms with E-state index in [9.17, 15) is 9.59 Å². The largest absolute Gasteiger partial charge is 0.493 e. The minimum absolute atomic E-state index is 0.158. The number of methoxy groups -OCH3 is 2. The number of carbonyl (C=O) groups excluding carboxylic acids is 2. The fraction of sp³-hybridized carbons (Fsp3) is 0.179. The quantitative estimate of drug-likeness (QED) is 0.402. The summed E-state index contributed by atoms with van der Waals surface area (Å²) >= 11 is 0. The van der Waals surface area contributed by atoms with Crippen LogP contribution >= 0.6 is 0 Å². The number of fused-ring (bicyclic) bond motifs is 1. The van der Waals surface area contributed by atoms with Crippen LogP contribution in [0.2, 0.25) is 0 Å². The van der Waals surface area contributed by atoms with Gasteiger partial charge in [-0.1, -0.05) is 36.4 Å². The second-order valence-corrected chi connectivity index (χ2v) is 8.14. The zero-order chi connectivity index (χ0) is 24.9. The first-order valence-corrected chi connectivity index (χ1v) is 11.2. The van der Waals surface area contributed by atoms with Crippen LogP contribution in [0, 0.1) is 13.8 Å². The molecule has 0 spiro atoms. The highest BCUT2D eigenvalue weighted by Crippen LogP contribution is 2.33. The number of hydrogen-bond donors (Lipinski definition) is 2. The predicted molar refractivity (Wildman–Crippen MR) is 137 cm³/mol. The summed E-state index contributed by atoms with van der Waals surface area (Å²) in [7, 11) is 3.14. The van der Waals surface area contributed by atoms with Crippen LogP contribution in [0.1, 0.15) is 21.5 Å². The lowest BCUT2D eigenvalue weighted by Crippen LogP contribution is -2.33. The number of nitrogens with one attached hydrogen (secondary N) is 2. The molecule has 1 heterocycles. The molecule has 3 aromatic carbocycles. The molecular formula is C28H27N3O4. The van der Waals surface area contributed by atoms with Crippen molar-refractivity contribution in [2.75, 3.05) is 26.1 Å². The van der Waals surface area contributed by atoms with E-state index in [2.05, 4.69) is 10.6 Å². The highest BCUT2D eigenvalue weighted by molar-refractivity contribution is 6.08. The molecule has 0 aliphatic carbocycles. The molecule has 35 heavy (non-hydrogen) atoms. The molecule has 7 nitrogen and oxygen atoms in total. The zero-order valence-electron chi connectivity index (χ0n) is 20.1. The van der Waals surface area contributed by atoms with Crippen LogP contribution in [0.15, 0.2) is 66.7 Å². The average Bonchev–Trinajstić information content (AvgIpc) is 2.88. The summed E-state index contributed by atoms with van der Waals surface area (Å²) in [5, 5.41) is 6.34. The maximum Gasteiger partial charge on any atom is 0.252 e. The molecule has 0 bridgehead atoms. The molecule has 0 radical (unpaired) electrons. The van der Waals surface area contributed by atoms with Crippen LogP contribution in [0.3, 0.4) is 0 Å². The van der Waals surface area contributed by atoms with Gasteiger partial charge in [0.15, 0.2) is 11.5 Å². The van der Waals surface area contributed by atoms with Gasteiger partial charge in [-0.05, 0) is 55.3 Å². The third kappa shape index (κ3) is 5.09. The summed E-state index contributed by atoms with van der Waals surface area (Å²) in [5.74, 6) is 0.509. The minimum Gasteiger partial charge on any atom is -0.493 e. The summed E-state index contributed by atoms with van der Waals surface area (Å²) in [5.41, 5.74) is 5.17. The summed E-state index contributed by atoms with van der Waals surface area (Å²) in [6.45, 7) is 3.70. The van der Waals surface area contributed by atoms with Gasteiger partial charge in [0.2, 0.25) is 5.91 Å². The third-order valence-electron chi connectivity index (χ3n) is 5.80. The Morgan fingerprint density at radius 1 is 0.857 bits per heavy atom. The fourth-order valence-corrected chi connectivity index (χ4v) is 3.96. The average molecular weight is 470 g/mol. The second kappa shape index (κ2) is 10.3. The van der Waals surface area contributed by atoms with Crippen molar-refractivity contribution >= 4 is 28.4 Å². The molecule has 4 aromatic rings. The standard InChI is InChI=1S/C28H27N3O4/c1-17-8-7-9-18(2)27(17)31-26(32)16-29-28(33)21-15-23(30-22-11-6-5-10-20(21)22)19-12-13-24(34-3)25(14-19)35-4/h5-15H,16H2,1-4H3,(H,29,33)(H,31,32). The van der Waals surface area contributed by atoms with Gasteiger partial charge in [-0.15, -0.1) is 0 Å². The molecule has 2 amide bonds. The molecule has 0 aliphatic heterocycles. The van der Waals surface area contributed by atoms with E-state index >= 15 is 0 Å². The Morgan fingerprint density at radius 3 is 2.29 bits per heavy atom. The van der Waals surface area contributed by atoms with E-state index in [-0.39, 0.29) is 18.4 Å². The van der Waals surface area contributed by atoms with Gasteiger partial charge >= 0.3 is 0 Å². The van der Waals surface area contributed by atoms with E-state index in [4.69, 9.17) is 14.5 Å². The molecular weight excluding hydrogens is 442 g/mol. The Labute approximate surface area is 204 Å². The maximum atomic E-state index is 13.2. The topological polar surface area (TPSA) is 89.5 Å². The molecule has 0 saturated heterocycles. The number of aromatic nitrogens is 1. The van der Waals surface area contributed by atoms with Gasteiger partial charge in [0.05, 0.1) is 37.5 Å². The Balaban J connectivity index is 1.61. The Hall–Kier alpha value is -4.39. The number of ether oxygens (including phenoxy) is 2. The van der Waals surface area contributed by atoms with E-state index in [1.54, 1.807) is 26.4 Å². The van der Waals surface area contributed by atoms with Crippen LogP contribution in [-0.4, -0.2) is 37.6 Å². The van der Waals surface area contributed by atoms with Gasteiger partial charge in [-0.3, -0.25) is 9.59 Å². The lowest BCUT2D eigenvalue weighted by atomic mass is 10.0. The third-order valence-corrected chi connectivity index (χ3v) is 5.80. The van der Waals surface area contributed by atoms with E-state index in [1.165, 1.54) is 0 Å². The monoisotopic (exact) mass is 469 g/mol. The number of amides is 2. The van der Waals surface area contributed by atoms with Gasteiger partial charge in [0.1, 0.15) is 0 Å². The highest BCUT2D eigenvalue weighted by Gasteiger charge is 2.16. The number of para-hydroxylation sites is 2. The smallest absolute Gasteiger partial charge is 0.252 e. The number of pyridine rings is 1. The SMILES string of the molecule is COc1ccc(-c2cc(C(=O)NCC(=O)Nc3c(C)cccc3C)c3ccccc3n2)cc1OC. The van der Waals surface area contributed by atoms with Gasteiger partial charge in [0.25, 0.3) is 5.91 Å². The predicted octanol–water partition coefficient (Wildman–Crippen LogP) is 4.90. The van der Waals surface area contributed by atoms with Crippen molar-refractivity contribution in [3.8, 4) is 22.8 Å². The molecule has 178 valence electrons. The van der Waals surface area contributed by atoms with Crippen molar-refractivity contribution in [3.63, 3.8) is 0 Å². The number of hydrogen-bond acceptors (Lipinski definition) is 5. The van der Waals surface area contributed by atoms with Crippen LogP contribution in [-0.2, 0) is 4.79 Å². The van der Waals surface area contributed by atoms with Crippen molar-refractivity contribution in [1.29, 1.82) is 0 Å². The van der Waals surface area contributed by atoms with Crippen molar-refractivity contribution in [3.05, 3.63) is 83.4 Å². The first-order valence-electron chi connectivity index (χ1n) is 11.2. The number of anilines is 1. The van der Waals surface area contributed by atoms with Crippen molar-refractivity contribution in [2.24, 2.45) is 0 Å². The van der Waals surface area contributed by atoms with Gasteiger partial charge in [-0.2, -0.15) is 0 Å². The summed E-state index contributed by atoms with van der Waals surface area (Å²) < 4.78 is 10.7. The number of benzene rings is 3. The van der Waals surface area contributed by atoms with Gasteiger partial charge in [0, 0.05) is 16.6 Å². The first kappa shape index (κ1) is 23.8. The molecule has 0 atom stereocenters. The number of carbonyl (C=O) groups is 2. The molecule has 0 aliphatic rings.